The van der Waals surface area contributed by atoms with Crippen LogP contribution in [0, 0.1) is 27.7 Å². The van der Waals surface area contributed by atoms with E-state index in [-0.39, 0.29) is 34.0 Å². The molecule has 0 atom stereocenters. The van der Waals surface area contributed by atoms with Crippen molar-refractivity contribution in [2.24, 2.45) is 0 Å². The summed E-state index contributed by atoms with van der Waals surface area (Å²) in [6.07, 6.45) is 0. The van der Waals surface area contributed by atoms with Crippen molar-refractivity contribution in [3.63, 3.8) is 0 Å². The van der Waals surface area contributed by atoms with Crippen LogP contribution in [0.25, 0.3) is 0 Å². The molecule has 0 aliphatic carbocycles. The van der Waals surface area contributed by atoms with Crippen LogP contribution in [0.2, 0.25) is 0 Å². The minimum atomic E-state index is 0. The first-order valence-electron chi connectivity index (χ1n) is 5.64. The minimum Gasteiger partial charge on any atom is -0.114 e. The van der Waals surface area contributed by atoms with E-state index in [4.69, 9.17) is 0 Å². The fourth-order valence-corrected chi connectivity index (χ4v) is 1.27. The van der Waals surface area contributed by atoms with Crippen LogP contribution in [0.15, 0.2) is 48.5 Å². The molecule has 0 radical (unpaired) electrons. The molecule has 0 heterocycles. The first-order chi connectivity index (χ1) is 7.58. The van der Waals surface area contributed by atoms with Gasteiger partial charge in [0.1, 0.15) is 0 Å². The molecule has 0 spiro atoms. The summed E-state index contributed by atoms with van der Waals surface area (Å²) in [4.78, 5) is 0. The average Bonchev–Trinajstić information content (AvgIpc) is 2.28. The van der Waals surface area contributed by atoms with Crippen molar-refractivity contribution in [2.75, 3.05) is 0 Å². The van der Waals surface area contributed by atoms with Crippen molar-refractivity contribution in [3.05, 3.63) is 70.8 Å². The lowest BCUT2D eigenvalue weighted by Gasteiger charge is -1.90. The van der Waals surface area contributed by atoms with Crippen molar-refractivity contribution in [2.45, 2.75) is 27.7 Å². The molecule has 2 aromatic carbocycles. The van der Waals surface area contributed by atoms with Crippen LogP contribution in [0.1, 0.15) is 22.3 Å². The van der Waals surface area contributed by atoms with Crippen LogP contribution >= 0.6 is 34.0 Å². The van der Waals surface area contributed by atoms with Gasteiger partial charge in [-0.25, -0.2) is 0 Å². The van der Waals surface area contributed by atoms with Gasteiger partial charge in [-0.05, 0) is 27.7 Å². The molecule has 0 unspecified atom stereocenters. The van der Waals surface area contributed by atoms with Crippen LogP contribution < -0.4 is 0 Å². The molecule has 0 aliphatic heterocycles. The van der Waals surface area contributed by atoms with Crippen LogP contribution in [0.4, 0.5) is 0 Å². The van der Waals surface area contributed by atoms with Gasteiger partial charge in [0.2, 0.25) is 0 Å². The second-order valence-electron chi connectivity index (χ2n) is 4.31. The van der Waals surface area contributed by atoms with Crippen LogP contribution in [0.5, 0.6) is 0 Å². The third-order valence-corrected chi connectivity index (χ3v) is 2.44. The monoisotopic (exact) mass is 372 g/mol. The number of benzene rings is 2. The van der Waals surface area contributed by atoms with Gasteiger partial charge in [0.05, 0.1) is 0 Å². The highest BCUT2D eigenvalue weighted by Crippen LogP contribution is 2.00. The van der Waals surface area contributed by atoms with Crippen LogP contribution in [0.3, 0.4) is 0 Å². The Labute approximate surface area is 132 Å². The Morgan fingerprint density at radius 2 is 0.500 bits per heavy atom. The summed E-state index contributed by atoms with van der Waals surface area (Å²) >= 11 is 0. The molecule has 0 bridgehead atoms. The quantitative estimate of drug-likeness (QED) is 0.550. The molecule has 0 aromatic heterocycles. The summed E-state index contributed by atoms with van der Waals surface area (Å²) in [6.45, 7) is 8.39. The number of rotatable bonds is 0. The third-order valence-electron chi connectivity index (χ3n) is 2.44. The summed E-state index contributed by atoms with van der Waals surface area (Å²) in [6, 6.07) is 17.0. The van der Waals surface area contributed by atoms with Crippen molar-refractivity contribution in [1.29, 1.82) is 0 Å². The predicted octanol–water partition coefficient (Wildman–Crippen LogP) is 5.76. The third kappa shape index (κ3) is 8.48. The standard InChI is InChI=1S/2C8H10.2BrH/c2*1-7-3-5-8(2)6-4-7;;/h2*3-6H,1-2H3;2*1H. The zero-order valence-electron chi connectivity index (χ0n) is 11.4. The van der Waals surface area contributed by atoms with Gasteiger partial charge < -0.3 is 0 Å². The van der Waals surface area contributed by atoms with Gasteiger partial charge in [-0.3, -0.25) is 0 Å². The molecule has 0 saturated heterocycles. The summed E-state index contributed by atoms with van der Waals surface area (Å²) in [5.41, 5.74) is 5.32. The Bertz CT molecular complexity index is 330. The molecule has 2 rings (SSSR count). The van der Waals surface area contributed by atoms with Gasteiger partial charge >= 0.3 is 0 Å². The van der Waals surface area contributed by atoms with E-state index in [0.29, 0.717) is 0 Å². The second-order valence-corrected chi connectivity index (χ2v) is 4.31. The molecular formula is C16H22Br2. The van der Waals surface area contributed by atoms with Crippen LogP contribution in [-0.4, -0.2) is 0 Å². The topological polar surface area (TPSA) is 0 Å². The highest BCUT2D eigenvalue weighted by Gasteiger charge is 1.80. The Morgan fingerprint density at radius 3 is 0.611 bits per heavy atom. The zero-order valence-corrected chi connectivity index (χ0v) is 14.9. The minimum absolute atomic E-state index is 0. The van der Waals surface area contributed by atoms with E-state index in [0.717, 1.165) is 0 Å². The molecule has 0 fully saturated rings. The molecule has 0 aliphatic rings. The smallest absolute Gasteiger partial charge is 0.0398 e. The van der Waals surface area contributed by atoms with Gasteiger partial charge in [-0.1, -0.05) is 70.8 Å². The largest absolute Gasteiger partial charge is 0.114 e. The molecular weight excluding hydrogens is 352 g/mol. The number of halogens is 2. The normalized spacial score (nSPS) is 8.22. The highest BCUT2D eigenvalue weighted by molar-refractivity contribution is 8.93. The van der Waals surface area contributed by atoms with Crippen molar-refractivity contribution >= 4 is 34.0 Å². The number of hydrogen-bond acceptors (Lipinski definition) is 0. The summed E-state index contributed by atoms with van der Waals surface area (Å²) in [7, 11) is 0. The summed E-state index contributed by atoms with van der Waals surface area (Å²) in [5.74, 6) is 0. The van der Waals surface area contributed by atoms with Gasteiger partial charge in [0, 0.05) is 0 Å². The number of aryl methyl sites for hydroxylation is 4. The molecule has 0 nitrogen and oxygen atoms in total. The van der Waals surface area contributed by atoms with E-state index in [9.17, 15) is 0 Å². The lowest BCUT2D eigenvalue weighted by atomic mass is 10.2. The van der Waals surface area contributed by atoms with E-state index in [1.54, 1.807) is 0 Å². The fourth-order valence-electron chi connectivity index (χ4n) is 1.27. The van der Waals surface area contributed by atoms with Gasteiger partial charge in [0.15, 0.2) is 0 Å². The SMILES string of the molecule is Br.Br.Cc1ccc(C)cc1.Cc1ccc(C)cc1. The Hall–Kier alpha value is -0.600. The van der Waals surface area contributed by atoms with Crippen molar-refractivity contribution in [1.82, 2.24) is 0 Å². The van der Waals surface area contributed by atoms with Crippen molar-refractivity contribution < 1.29 is 0 Å². The predicted molar refractivity (Wildman–Crippen MR) is 92.5 cm³/mol. The maximum absolute atomic E-state index is 2.12. The Balaban J connectivity index is 0. The molecule has 18 heavy (non-hydrogen) atoms. The van der Waals surface area contributed by atoms with E-state index < -0.39 is 0 Å². The van der Waals surface area contributed by atoms with Gasteiger partial charge in [-0.15, -0.1) is 34.0 Å². The van der Waals surface area contributed by atoms with E-state index in [2.05, 4.69) is 76.2 Å². The van der Waals surface area contributed by atoms with Crippen LogP contribution in [-0.2, 0) is 0 Å². The lowest BCUT2D eigenvalue weighted by molar-refractivity contribution is 1.40. The molecule has 2 aromatic rings. The Morgan fingerprint density at radius 1 is 0.389 bits per heavy atom. The number of hydrogen-bond donors (Lipinski definition) is 0. The van der Waals surface area contributed by atoms with E-state index in [1.165, 1.54) is 22.3 Å². The molecule has 0 saturated carbocycles. The average molecular weight is 374 g/mol. The zero-order chi connectivity index (χ0) is 12.0. The first-order valence-corrected chi connectivity index (χ1v) is 5.64. The Kier molecular flexibility index (Phi) is 11.3. The van der Waals surface area contributed by atoms with Gasteiger partial charge in [0.25, 0.3) is 0 Å². The fraction of sp³-hybridized carbons (Fsp3) is 0.250. The maximum Gasteiger partial charge on any atom is -0.0398 e. The van der Waals surface area contributed by atoms with E-state index >= 15 is 0 Å². The summed E-state index contributed by atoms with van der Waals surface area (Å²) < 4.78 is 0. The first kappa shape index (κ1) is 19.7. The van der Waals surface area contributed by atoms with E-state index in [1.807, 2.05) is 0 Å². The lowest BCUT2D eigenvalue weighted by Crippen LogP contribution is -1.70. The molecule has 2 heteroatoms. The molecule has 0 amide bonds. The van der Waals surface area contributed by atoms with Crippen molar-refractivity contribution in [3.8, 4) is 0 Å². The molecule has 0 N–H and O–H groups in total. The highest BCUT2D eigenvalue weighted by atomic mass is 79.9. The molecule has 100 valence electrons. The maximum atomic E-state index is 2.12. The second kappa shape index (κ2) is 10.3. The summed E-state index contributed by atoms with van der Waals surface area (Å²) in [5, 5.41) is 0. The van der Waals surface area contributed by atoms with Gasteiger partial charge in [-0.2, -0.15) is 0 Å².